The Hall–Kier alpha value is -4.52. The van der Waals surface area contributed by atoms with Gasteiger partial charge < -0.3 is 15.2 Å². The minimum absolute atomic E-state index is 0.0781. The summed E-state index contributed by atoms with van der Waals surface area (Å²) in [6.45, 7) is 2.35. The van der Waals surface area contributed by atoms with E-state index in [0.29, 0.717) is 30.2 Å². The minimum atomic E-state index is -0.390. The number of hydrogen-bond acceptors (Lipinski definition) is 7. The fourth-order valence-corrected chi connectivity index (χ4v) is 3.48. The molecule has 0 aliphatic rings. The van der Waals surface area contributed by atoms with Gasteiger partial charge in [-0.05, 0) is 66.6 Å². The first kappa shape index (κ1) is 23.6. The van der Waals surface area contributed by atoms with Gasteiger partial charge in [0, 0.05) is 35.3 Å². The zero-order valence-corrected chi connectivity index (χ0v) is 19.4. The molecule has 0 amide bonds. The van der Waals surface area contributed by atoms with Gasteiger partial charge in [-0.15, -0.1) is 0 Å². The van der Waals surface area contributed by atoms with Gasteiger partial charge in [0.15, 0.2) is 0 Å². The van der Waals surface area contributed by atoms with Crippen LogP contribution in [0.5, 0.6) is 5.75 Å². The average Bonchev–Trinajstić information content (AvgIpc) is 2.90. The lowest BCUT2D eigenvalue weighted by Crippen LogP contribution is -2.08. The quantitative estimate of drug-likeness (QED) is 0.284. The third-order valence-corrected chi connectivity index (χ3v) is 5.24. The SMILES string of the molecule is CCOC(=O)CN=CC(=C(N)c1ccc(OCc2ccc3ccccc3n2)cc1)c1ccncc1. The molecule has 0 saturated carbocycles. The highest BCUT2D eigenvalue weighted by atomic mass is 16.5. The predicted molar refractivity (Wildman–Crippen MR) is 138 cm³/mol. The van der Waals surface area contributed by atoms with Crippen molar-refractivity contribution in [1.82, 2.24) is 9.97 Å². The molecule has 0 unspecified atom stereocenters. The first-order chi connectivity index (χ1) is 17.1. The lowest BCUT2D eigenvalue weighted by molar-refractivity contribution is -0.141. The minimum Gasteiger partial charge on any atom is -0.487 e. The van der Waals surface area contributed by atoms with Crippen LogP contribution in [-0.2, 0) is 16.1 Å². The van der Waals surface area contributed by atoms with E-state index in [1.807, 2.05) is 72.8 Å². The molecule has 2 heterocycles. The van der Waals surface area contributed by atoms with Crippen LogP contribution in [0, 0.1) is 0 Å². The number of hydrogen-bond donors (Lipinski definition) is 1. The van der Waals surface area contributed by atoms with Gasteiger partial charge in [0.1, 0.15) is 18.9 Å². The Balaban J connectivity index is 1.50. The molecule has 0 radical (unpaired) electrons. The van der Waals surface area contributed by atoms with E-state index in [2.05, 4.69) is 15.0 Å². The van der Waals surface area contributed by atoms with Crippen molar-refractivity contribution in [3.8, 4) is 5.75 Å². The smallest absolute Gasteiger partial charge is 0.327 e. The summed E-state index contributed by atoms with van der Waals surface area (Å²) in [5, 5.41) is 1.10. The Morgan fingerprint density at radius 1 is 0.971 bits per heavy atom. The van der Waals surface area contributed by atoms with E-state index >= 15 is 0 Å². The second kappa shape index (κ2) is 11.6. The van der Waals surface area contributed by atoms with Gasteiger partial charge in [-0.3, -0.25) is 14.8 Å². The van der Waals surface area contributed by atoms with Crippen LogP contribution in [0.15, 0.2) is 90.2 Å². The Labute approximate surface area is 204 Å². The zero-order valence-electron chi connectivity index (χ0n) is 19.4. The summed E-state index contributed by atoms with van der Waals surface area (Å²) in [5.41, 5.74) is 11.2. The molecule has 7 heteroatoms. The number of fused-ring (bicyclic) bond motifs is 1. The Morgan fingerprint density at radius 2 is 1.74 bits per heavy atom. The van der Waals surface area contributed by atoms with Crippen molar-refractivity contribution in [3.63, 3.8) is 0 Å². The Morgan fingerprint density at radius 3 is 2.51 bits per heavy atom. The van der Waals surface area contributed by atoms with Gasteiger partial charge in [0.25, 0.3) is 0 Å². The number of aliphatic imine (C=N–C) groups is 1. The molecule has 0 bridgehead atoms. The highest BCUT2D eigenvalue weighted by Gasteiger charge is 2.09. The Kier molecular flexibility index (Phi) is 7.81. The van der Waals surface area contributed by atoms with Gasteiger partial charge in [-0.2, -0.15) is 0 Å². The van der Waals surface area contributed by atoms with Gasteiger partial charge >= 0.3 is 5.97 Å². The van der Waals surface area contributed by atoms with E-state index in [9.17, 15) is 4.79 Å². The van der Waals surface area contributed by atoms with Crippen molar-refractivity contribution in [2.75, 3.05) is 13.2 Å². The number of allylic oxidation sites excluding steroid dienone is 1. The molecule has 0 fully saturated rings. The van der Waals surface area contributed by atoms with E-state index < -0.39 is 0 Å². The standard InChI is InChI=1S/C28H26N4O3/c1-2-34-27(33)18-31-17-25(20-13-15-30-16-14-20)28(29)22-8-11-24(12-9-22)35-19-23-10-7-21-5-3-4-6-26(21)32-23/h3-17H,2,18-19,29H2,1H3. The number of pyridine rings is 2. The summed E-state index contributed by atoms with van der Waals surface area (Å²) in [7, 11) is 0. The topological polar surface area (TPSA) is 99.7 Å². The second-order valence-corrected chi connectivity index (χ2v) is 7.65. The van der Waals surface area contributed by atoms with E-state index in [-0.39, 0.29) is 12.5 Å². The van der Waals surface area contributed by atoms with Gasteiger partial charge in [-0.25, -0.2) is 4.98 Å². The largest absolute Gasteiger partial charge is 0.487 e. The molecular formula is C28H26N4O3. The molecule has 2 aromatic heterocycles. The van der Waals surface area contributed by atoms with Crippen LogP contribution in [-0.4, -0.2) is 35.3 Å². The van der Waals surface area contributed by atoms with Crippen LogP contribution in [0.25, 0.3) is 22.2 Å². The molecule has 0 aliphatic carbocycles. The molecule has 7 nitrogen and oxygen atoms in total. The number of carbonyl (C=O) groups excluding carboxylic acids is 1. The number of aromatic nitrogens is 2. The highest BCUT2D eigenvalue weighted by Crippen LogP contribution is 2.23. The third kappa shape index (κ3) is 6.29. The number of carbonyl (C=O) groups is 1. The third-order valence-electron chi connectivity index (χ3n) is 5.24. The molecule has 2 N–H and O–H groups in total. The molecule has 176 valence electrons. The molecule has 0 aliphatic heterocycles. The molecule has 35 heavy (non-hydrogen) atoms. The fourth-order valence-electron chi connectivity index (χ4n) is 3.48. The summed E-state index contributed by atoms with van der Waals surface area (Å²) in [4.78, 5) is 24.6. The van der Waals surface area contributed by atoms with Crippen LogP contribution in [0.2, 0.25) is 0 Å². The lowest BCUT2D eigenvalue weighted by Gasteiger charge is -2.11. The predicted octanol–water partition coefficient (Wildman–Crippen LogP) is 4.67. The van der Waals surface area contributed by atoms with Crippen LogP contribution >= 0.6 is 0 Å². The maximum atomic E-state index is 11.7. The monoisotopic (exact) mass is 466 g/mol. The maximum Gasteiger partial charge on any atom is 0.327 e. The number of para-hydroxylation sites is 1. The number of nitrogens with two attached hydrogens (primary N) is 1. The van der Waals surface area contributed by atoms with Crippen molar-refractivity contribution in [2.24, 2.45) is 10.7 Å². The van der Waals surface area contributed by atoms with Crippen molar-refractivity contribution in [3.05, 3.63) is 102 Å². The molecule has 4 rings (SSSR count). The number of benzene rings is 2. The molecule has 4 aromatic rings. The molecule has 0 saturated heterocycles. The van der Waals surface area contributed by atoms with Crippen molar-refractivity contribution in [2.45, 2.75) is 13.5 Å². The van der Waals surface area contributed by atoms with E-state index in [4.69, 9.17) is 15.2 Å². The van der Waals surface area contributed by atoms with Gasteiger partial charge in [-0.1, -0.05) is 24.3 Å². The van der Waals surface area contributed by atoms with Crippen LogP contribution in [0.3, 0.4) is 0 Å². The number of nitrogens with zero attached hydrogens (tertiary/aromatic N) is 3. The van der Waals surface area contributed by atoms with Gasteiger partial charge in [0.2, 0.25) is 0 Å². The van der Waals surface area contributed by atoms with Crippen molar-refractivity contribution >= 4 is 34.4 Å². The van der Waals surface area contributed by atoms with Crippen LogP contribution < -0.4 is 10.5 Å². The van der Waals surface area contributed by atoms with Gasteiger partial charge in [0.05, 0.1) is 17.8 Å². The zero-order chi connectivity index (χ0) is 24.5. The summed E-state index contributed by atoms with van der Waals surface area (Å²) in [5.74, 6) is 0.316. The average molecular weight is 467 g/mol. The maximum absolute atomic E-state index is 11.7. The van der Waals surface area contributed by atoms with Crippen LogP contribution in [0.4, 0.5) is 0 Å². The molecule has 0 atom stereocenters. The Bertz CT molecular complexity index is 1350. The lowest BCUT2D eigenvalue weighted by atomic mass is 10.0. The highest BCUT2D eigenvalue weighted by molar-refractivity contribution is 6.19. The molecule has 0 spiro atoms. The van der Waals surface area contributed by atoms with E-state index in [0.717, 1.165) is 27.7 Å². The summed E-state index contributed by atoms with van der Waals surface area (Å²) in [6, 6.07) is 23.2. The van der Waals surface area contributed by atoms with Crippen molar-refractivity contribution in [1.29, 1.82) is 0 Å². The summed E-state index contributed by atoms with van der Waals surface area (Å²) in [6.07, 6.45) is 4.95. The first-order valence-corrected chi connectivity index (χ1v) is 11.3. The van der Waals surface area contributed by atoms with Crippen molar-refractivity contribution < 1.29 is 14.3 Å². The van der Waals surface area contributed by atoms with E-state index in [1.54, 1.807) is 25.5 Å². The fraction of sp³-hybridized carbons (Fsp3) is 0.143. The van der Waals surface area contributed by atoms with Crippen LogP contribution in [0.1, 0.15) is 23.7 Å². The summed E-state index contributed by atoms with van der Waals surface area (Å²) >= 11 is 0. The number of ether oxygens (including phenoxy) is 2. The number of rotatable bonds is 9. The normalized spacial score (nSPS) is 11.9. The molecular weight excluding hydrogens is 440 g/mol. The number of esters is 1. The summed E-state index contributed by atoms with van der Waals surface area (Å²) < 4.78 is 10.9. The first-order valence-electron chi connectivity index (χ1n) is 11.3. The second-order valence-electron chi connectivity index (χ2n) is 7.65. The van der Waals surface area contributed by atoms with E-state index in [1.165, 1.54) is 0 Å². The molecule has 2 aromatic carbocycles.